The monoisotopic (exact) mass is 283 g/mol. The number of aryl methyl sites for hydroxylation is 1. The molecule has 1 saturated heterocycles. The standard InChI is InChI=1S/C12H17N3O3S/c16-12(14-10-2-4-19(17,18)7-10)9-1-3-15-8-13-6-11(15)5-9/h6,8-10H,1-5,7H2,(H,14,16). The Balaban J connectivity index is 1.60. The van der Waals surface area contributed by atoms with Gasteiger partial charge < -0.3 is 9.88 Å². The smallest absolute Gasteiger partial charge is 0.223 e. The lowest BCUT2D eigenvalue weighted by Crippen LogP contribution is -2.41. The van der Waals surface area contributed by atoms with Crippen molar-refractivity contribution >= 4 is 15.7 Å². The molecule has 19 heavy (non-hydrogen) atoms. The van der Waals surface area contributed by atoms with E-state index in [1.54, 1.807) is 12.5 Å². The number of amides is 1. The molecule has 0 saturated carbocycles. The number of fused-ring (bicyclic) bond motifs is 1. The van der Waals surface area contributed by atoms with Gasteiger partial charge in [0.25, 0.3) is 0 Å². The Morgan fingerprint density at radius 2 is 2.26 bits per heavy atom. The molecule has 104 valence electrons. The van der Waals surface area contributed by atoms with E-state index >= 15 is 0 Å². The Labute approximate surface area is 112 Å². The molecule has 2 unspecified atom stereocenters. The van der Waals surface area contributed by atoms with Crippen LogP contribution in [-0.2, 0) is 27.6 Å². The summed E-state index contributed by atoms with van der Waals surface area (Å²) in [4.78, 5) is 16.2. The normalized spacial score (nSPS) is 28.8. The van der Waals surface area contributed by atoms with E-state index in [1.807, 2.05) is 0 Å². The molecule has 0 radical (unpaired) electrons. The van der Waals surface area contributed by atoms with Gasteiger partial charge in [-0.2, -0.15) is 0 Å². The van der Waals surface area contributed by atoms with Crippen molar-refractivity contribution in [2.45, 2.75) is 31.8 Å². The van der Waals surface area contributed by atoms with Gasteiger partial charge in [-0.3, -0.25) is 4.79 Å². The van der Waals surface area contributed by atoms with Crippen LogP contribution in [0.5, 0.6) is 0 Å². The summed E-state index contributed by atoms with van der Waals surface area (Å²) in [6, 6.07) is -0.204. The largest absolute Gasteiger partial charge is 0.352 e. The lowest BCUT2D eigenvalue weighted by Gasteiger charge is -2.24. The molecule has 1 fully saturated rings. The SMILES string of the molecule is O=C(NC1CCS(=O)(=O)C1)C1CCn2cncc2C1. The van der Waals surface area contributed by atoms with Gasteiger partial charge in [0.1, 0.15) is 0 Å². The lowest BCUT2D eigenvalue weighted by molar-refractivity contribution is -0.126. The average Bonchev–Trinajstić information content (AvgIpc) is 2.94. The number of nitrogens with zero attached hydrogens (tertiary/aromatic N) is 2. The molecule has 7 heteroatoms. The third kappa shape index (κ3) is 2.65. The first-order valence-electron chi connectivity index (χ1n) is 6.53. The highest BCUT2D eigenvalue weighted by Crippen LogP contribution is 2.21. The summed E-state index contributed by atoms with van der Waals surface area (Å²) in [7, 11) is -2.94. The zero-order valence-corrected chi connectivity index (χ0v) is 11.4. The summed E-state index contributed by atoms with van der Waals surface area (Å²) in [5, 5.41) is 2.88. The maximum Gasteiger partial charge on any atom is 0.223 e. The number of imidazole rings is 1. The van der Waals surface area contributed by atoms with E-state index in [0.717, 1.165) is 18.7 Å². The summed E-state index contributed by atoms with van der Waals surface area (Å²) < 4.78 is 24.8. The van der Waals surface area contributed by atoms with E-state index < -0.39 is 9.84 Å². The zero-order chi connectivity index (χ0) is 13.5. The molecule has 3 heterocycles. The second-order valence-corrected chi connectivity index (χ2v) is 7.61. The maximum absolute atomic E-state index is 12.2. The number of sulfone groups is 1. The molecule has 6 nitrogen and oxygen atoms in total. The van der Waals surface area contributed by atoms with Crippen LogP contribution in [0.3, 0.4) is 0 Å². The van der Waals surface area contributed by atoms with Crippen molar-refractivity contribution in [2.75, 3.05) is 11.5 Å². The van der Waals surface area contributed by atoms with Gasteiger partial charge in [0, 0.05) is 36.8 Å². The molecule has 1 aromatic rings. The number of nitrogens with one attached hydrogen (secondary N) is 1. The fraction of sp³-hybridized carbons (Fsp3) is 0.667. The van der Waals surface area contributed by atoms with Crippen molar-refractivity contribution in [3.05, 3.63) is 18.2 Å². The van der Waals surface area contributed by atoms with Crippen LogP contribution in [-0.4, -0.2) is 41.4 Å². The molecule has 1 N–H and O–H groups in total. The maximum atomic E-state index is 12.2. The van der Waals surface area contributed by atoms with Crippen molar-refractivity contribution in [1.82, 2.24) is 14.9 Å². The summed E-state index contributed by atoms with van der Waals surface area (Å²) in [5.41, 5.74) is 1.07. The molecule has 0 aromatic carbocycles. The van der Waals surface area contributed by atoms with E-state index in [-0.39, 0.29) is 29.4 Å². The Bertz CT molecular complexity index is 593. The summed E-state index contributed by atoms with van der Waals surface area (Å²) in [6.45, 7) is 0.802. The van der Waals surface area contributed by atoms with E-state index in [1.165, 1.54) is 0 Å². The molecule has 2 aliphatic rings. The van der Waals surface area contributed by atoms with Crippen LogP contribution in [0.15, 0.2) is 12.5 Å². The minimum atomic E-state index is -2.94. The first kappa shape index (κ1) is 12.7. The van der Waals surface area contributed by atoms with Gasteiger partial charge in [-0.15, -0.1) is 0 Å². The molecular formula is C12H17N3O3S. The molecule has 3 rings (SSSR count). The molecule has 2 aliphatic heterocycles. The van der Waals surface area contributed by atoms with Crippen LogP contribution >= 0.6 is 0 Å². The van der Waals surface area contributed by atoms with Gasteiger partial charge in [0.05, 0.1) is 17.8 Å². The zero-order valence-electron chi connectivity index (χ0n) is 10.6. The van der Waals surface area contributed by atoms with Crippen LogP contribution < -0.4 is 5.32 Å². The van der Waals surface area contributed by atoms with Gasteiger partial charge in [0.2, 0.25) is 5.91 Å². The third-order valence-corrected chi connectivity index (χ3v) is 5.69. The molecular weight excluding hydrogens is 266 g/mol. The molecule has 1 amide bonds. The summed E-state index contributed by atoms with van der Waals surface area (Å²) in [5.74, 6) is 0.195. The van der Waals surface area contributed by atoms with Crippen molar-refractivity contribution < 1.29 is 13.2 Å². The average molecular weight is 283 g/mol. The molecule has 0 bridgehead atoms. The van der Waals surface area contributed by atoms with Gasteiger partial charge in [-0.25, -0.2) is 13.4 Å². The predicted molar refractivity (Wildman–Crippen MR) is 69.2 cm³/mol. The lowest BCUT2D eigenvalue weighted by atomic mass is 9.95. The van der Waals surface area contributed by atoms with E-state index in [4.69, 9.17) is 0 Å². The summed E-state index contributed by atoms with van der Waals surface area (Å²) in [6.07, 6.45) is 5.59. The van der Waals surface area contributed by atoms with E-state index in [2.05, 4.69) is 14.9 Å². The number of hydrogen-bond acceptors (Lipinski definition) is 4. The number of hydrogen-bond donors (Lipinski definition) is 1. The minimum absolute atomic E-state index is 0.0189. The highest BCUT2D eigenvalue weighted by Gasteiger charge is 2.32. The quantitative estimate of drug-likeness (QED) is 0.811. The van der Waals surface area contributed by atoms with Crippen molar-refractivity contribution in [2.24, 2.45) is 5.92 Å². The van der Waals surface area contributed by atoms with Crippen molar-refractivity contribution in [3.8, 4) is 0 Å². The Morgan fingerprint density at radius 3 is 3.00 bits per heavy atom. The van der Waals surface area contributed by atoms with E-state index in [0.29, 0.717) is 12.8 Å². The van der Waals surface area contributed by atoms with E-state index in [9.17, 15) is 13.2 Å². The number of aromatic nitrogens is 2. The third-order valence-electron chi connectivity index (χ3n) is 3.92. The molecule has 1 aromatic heterocycles. The minimum Gasteiger partial charge on any atom is -0.352 e. The predicted octanol–water partition coefficient (Wildman–Crippen LogP) is -0.251. The summed E-state index contributed by atoms with van der Waals surface area (Å²) >= 11 is 0. The van der Waals surface area contributed by atoms with Gasteiger partial charge >= 0.3 is 0 Å². The fourth-order valence-corrected chi connectivity index (χ4v) is 4.49. The van der Waals surface area contributed by atoms with Crippen molar-refractivity contribution in [1.29, 1.82) is 0 Å². The van der Waals surface area contributed by atoms with Crippen LogP contribution in [0.4, 0.5) is 0 Å². The second kappa shape index (κ2) is 4.63. The first-order chi connectivity index (χ1) is 9.03. The number of carbonyl (C=O) groups is 1. The van der Waals surface area contributed by atoms with Crippen LogP contribution in [0, 0.1) is 5.92 Å². The van der Waals surface area contributed by atoms with Crippen LogP contribution in [0.25, 0.3) is 0 Å². The number of carbonyl (C=O) groups excluding carboxylic acids is 1. The Hall–Kier alpha value is -1.37. The molecule has 0 spiro atoms. The van der Waals surface area contributed by atoms with Gasteiger partial charge in [0.15, 0.2) is 9.84 Å². The highest BCUT2D eigenvalue weighted by molar-refractivity contribution is 7.91. The number of rotatable bonds is 2. The molecule has 2 atom stereocenters. The highest BCUT2D eigenvalue weighted by atomic mass is 32.2. The molecule has 0 aliphatic carbocycles. The Morgan fingerprint density at radius 1 is 1.42 bits per heavy atom. The second-order valence-electron chi connectivity index (χ2n) is 5.38. The van der Waals surface area contributed by atoms with Crippen molar-refractivity contribution in [3.63, 3.8) is 0 Å². The Kier molecular flexibility index (Phi) is 3.08. The van der Waals surface area contributed by atoms with Crippen LogP contribution in [0.2, 0.25) is 0 Å². The fourth-order valence-electron chi connectivity index (χ4n) is 2.82. The topological polar surface area (TPSA) is 81.1 Å². The van der Waals surface area contributed by atoms with Crippen LogP contribution in [0.1, 0.15) is 18.5 Å². The first-order valence-corrected chi connectivity index (χ1v) is 8.35. The van der Waals surface area contributed by atoms with Gasteiger partial charge in [-0.05, 0) is 12.8 Å². The van der Waals surface area contributed by atoms with Gasteiger partial charge in [-0.1, -0.05) is 0 Å².